The van der Waals surface area contributed by atoms with E-state index < -0.39 is 0 Å². The van der Waals surface area contributed by atoms with Gasteiger partial charge in [0.2, 0.25) is 0 Å². The Labute approximate surface area is 311 Å². The van der Waals surface area contributed by atoms with Gasteiger partial charge in [0.15, 0.2) is 0 Å². The summed E-state index contributed by atoms with van der Waals surface area (Å²) in [5.41, 5.74) is 5.49. The summed E-state index contributed by atoms with van der Waals surface area (Å²) in [5.74, 6) is 0. The fourth-order valence-corrected chi connectivity index (χ4v) is 10.6. The van der Waals surface area contributed by atoms with Crippen molar-refractivity contribution in [3.8, 4) is 21.1 Å². The first-order valence-electron chi connectivity index (χ1n) is 17.2. The number of thiophene rings is 2. The molecule has 11 rings (SSSR count). The molecule has 0 bridgehead atoms. The van der Waals surface area contributed by atoms with Crippen molar-refractivity contribution < 1.29 is 0 Å². The lowest BCUT2D eigenvalue weighted by molar-refractivity contribution is 1.10. The van der Waals surface area contributed by atoms with Crippen LogP contribution in [0.3, 0.4) is 0 Å². The van der Waals surface area contributed by atoms with Crippen LogP contribution in [0.25, 0.3) is 83.0 Å². The molecule has 0 radical (unpaired) electrons. The number of nitrogens with zero attached hydrogens (tertiary/aromatic N) is 3. The van der Waals surface area contributed by atoms with Gasteiger partial charge in [-0.2, -0.15) is 0 Å². The van der Waals surface area contributed by atoms with E-state index in [0.29, 0.717) is 0 Å². The molecular weight excluding hydrogens is 691 g/mol. The molecule has 0 amide bonds. The standard InChI is InChI=1S/C46H27N3S3/c1-2-8-28(9-3-1)45-47-48-46(52-45)29-14-16-34(17-15-29)49(35-18-20-37-39-22-30-10-4-6-12-32(30)24-41(39)50-43(37)26-35)36-19-21-38-40-23-31-11-5-7-13-33(31)25-42(40)51-44(38)27-36/h1-27H. The van der Waals surface area contributed by atoms with Crippen molar-refractivity contribution in [2.45, 2.75) is 0 Å². The maximum atomic E-state index is 4.56. The number of hydrogen-bond donors (Lipinski definition) is 0. The number of aromatic nitrogens is 2. The van der Waals surface area contributed by atoms with Crippen LogP contribution in [0.15, 0.2) is 164 Å². The largest absolute Gasteiger partial charge is 0.310 e. The van der Waals surface area contributed by atoms with Crippen molar-refractivity contribution in [1.82, 2.24) is 10.2 Å². The zero-order valence-electron chi connectivity index (χ0n) is 27.7. The third-order valence-corrected chi connectivity index (χ3v) is 13.2. The fraction of sp³-hybridized carbons (Fsp3) is 0. The highest BCUT2D eigenvalue weighted by Crippen LogP contribution is 2.45. The van der Waals surface area contributed by atoms with Crippen molar-refractivity contribution in [1.29, 1.82) is 0 Å². The van der Waals surface area contributed by atoms with E-state index in [9.17, 15) is 0 Å². The summed E-state index contributed by atoms with van der Waals surface area (Å²) in [6.45, 7) is 0. The maximum Gasteiger partial charge on any atom is 0.148 e. The second-order valence-corrected chi connectivity index (χ2v) is 16.3. The molecule has 3 nitrogen and oxygen atoms in total. The van der Waals surface area contributed by atoms with Crippen molar-refractivity contribution >= 4 is 113 Å². The van der Waals surface area contributed by atoms with Gasteiger partial charge in [0.1, 0.15) is 10.0 Å². The highest BCUT2D eigenvalue weighted by Gasteiger charge is 2.18. The Morgan fingerprint density at radius 2 is 0.750 bits per heavy atom. The van der Waals surface area contributed by atoms with Gasteiger partial charge in [0, 0.05) is 68.5 Å². The van der Waals surface area contributed by atoms with E-state index in [2.05, 4.69) is 161 Å². The number of rotatable bonds is 5. The minimum atomic E-state index is 0.912. The Hall–Kier alpha value is -5.92. The molecule has 11 aromatic rings. The van der Waals surface area contributed by atoms with E-state index in [1.807, 2.05) is 40.9 Å². The molecule has 3 aromatic heterocycles. The molecule has 6 heteroatoms. The van der Waals surface area contributed by atoms with Crippen LogP contribution < -0.4 is 4.90 Å². The first-order valence-corrected chi connectivity index (χ1v) is 19.7. The lowest BCUT2D eigenvalue weighted by atomic mass is 10.0. The Morgan fingerprint density at radius 1 is 0.327 bits per heavy atom. The molecule has 0 unspecified atom stereocenters. The first kappa shape index (κ1) is 29.8. The second kappa shape index (κ2) is 11.8. The van der Waals surface area contributed by atoms with E-state index in [1.54, 1.807) is 11.3 Å². The number of hydrogen-bond acceptors (Lipinski definition) is 6. The van der Waals surface area contributed by atoms with E-state index in [-0.39, 0.29) is 0 Å². The van der Waals surface area contributed by atoms with Crippen LogP contribution in [0.5, 0.6) is 0 Å². The van der Waals surface area contributed by atoms with Gasteiger partial charge in [-0.25, -0.2) is 0 Å². The lowest BCUT2D eigenvalue weighted by Gasteiger charge is -2.26. The summed E-state index contributed by atoms with van der Waals surface area (Å²) in [5, 5.41) is 21.2. The Bertz CT molecular complexity index is 2980. The minimum absolute atomic E-state index is 0.912. The summed E-state index contributed by atoms with van der Waals surface area (Å²) in [6, 6.07) is 59.5. The molecule has 3 heterocycles. The third kappa shape index (κ3) is 4.91. The molecule has 0 spiro atoms. The van der Waals surface area contributed by atoms with Crippen LogP contribution in [-0.4, -0.2) is 10.2 Å². The van der Waals surface area contributed by atoms with Crippen molar-refractivity contribution in [3.63, 3.8) is 0 Å². The highest BCUT2D eigenvalue weighted by molar-refractivity contribution is 7.26. The molecule has 0 aliphatic carbocycles. The molecule has 244 valence electrons. The molecule has 52 heavy (non-hydrogen) atoms. The Balaban J connectivity index is 1.05. The fourth-order valence-electron chi connectivity index (χ4n) is 7.42. The zero-order chi connectivity index (χ0) is 34.2. The molecule has 0 atom stereocenters. The summed E-state index contributed by atoms with van der Waals surface area (Å²) in [7, 11) is 0. The summed E-state index contributed by atoms with van der Waals surface area (Å²) >= 11 is 5.35. The molecule has 0 N–H and O–H groups in total. The smallest absolute Gasteiger partial charge is 0.148 e. The predicted molar refractivity (Wildman–Crippen MR) is 226 cm³/mol. The summed E-state index contributed by atoms with van der Waals surface area (Å²) < 4.78 is 5.18. The Morgan fingerprint density at radius 3 is 1.27 bits per heavy atom. The van der Waals surface area contributed by atoms with E-state index in [1.165, 1.54) is 61.9 Å². The summed E-state index contributed by atoms with van der Waals surface area (Å²) in [6.07, 6.45) is 0. The van der Waals surface area contributed by atoms with E-state index in [4.69, 9.17) is 0 Å². The Kier molecular flexibility index (Phi) is 6.77. The van der Waals surface area contributed by atoms with Gasteiger partial charge in [0.05, 0.1) is 0 Å². The van der Waals surface area contributed by atoms with Gasteiger partial charge in [0.25, 0.3) is 0 Å². The third-order valence-electron chi connectivity index (χ3n) is 9.98. The quantitative estimate of drug-likeness (QED) is 0.177. The SMILES string of the molecule is c1ccc(-c2nnc(-c3ccc(N(c4ccc5c(c4)sc4cc6ccccc6cc45)c4ccc5c(c4)sc4cc6ccccc6cc45)cc3)s2)cc1. The molecule has 0 saturated carbocycles. The van der Waals surface area contributed by atoms with Gasteiger partial charge in [-0.15, -0.1) is 32.9 Å². The van der Waals surface area contributed by atoms with Crippen LogP contribution in [0.4, 0.5) is 17.1 Å². The van der Waals surface area contributed by atoms with Crippen LogP contribution in [0.2, 0.25) is 0 Å². The second-order valence-electron chi connectivity index (χ2n) is 13.1. The molecule has 0 aliphatic rings. The van der Waals surface area contributed by atoms with Gasteiger partial charge in [-0.05, 0) is 94.3 Å². The van der Waals surface area contributed by atoms with Crippen LogP contribution >= 0.6 is 34.0 Å². The average molecular weight is 718 g/mol. The number of anilines is 3. The average Bonchev–Trinajstić information content (AvgIpc) is 3.92. The van der Waals surface area contributed by atoms with Gasteiger partial charge < -0.3 is 4.90 Å². The number of fused-ring (bicyclic) bond motifs is 8. The van der Waals surface area contributed by atoms with Crippen LogP contribution in [-0.2, 0) is 0 Å². The van der Waals surface area contributed by atoms with Gasteiger partial charge in [-0.3, -0.25) is 0 Å². The van der Waals surface area contributed by atoms with Crippen molar-refractivity contribution in [2.24, 2.45) is 0 Å². The lowest BCUT2D eigenvalue weighted by Crippen LogP contribution is -2.09. The minimum Gasteiger partial charge on any atom is -0.310 e. The van der Waals surface area contributed by atoms with Gasteiger partial charge >= 0.3 is 0 Å². The number of benzene rings is 8. The molecule has 8 aromatic carbocycles. The van der Waals surface area contributed by atoms with E-state index >= 15 is 0 Å². The van der Waals surface area contributed by atoms with Crippen LogP contribution in [0.1, 0.15) is 0 Å². The zero-order valence-corrected chi connectivity index (χ0v) is 30.1. The highest BCUT2D eigenvalue weighted by atomic mass is 32.1. The normalized spacial score (nSPS) is 11.8. The topological polar surface area (TPSA) is 29.0 Å². The van der Waals surface area contributed by atoms with Crippen molar-refractivity contribution in [2.75, 3.05) is 4.90 Å². The van der Waals surface area contributed by atoms with Crippen LogP contribution in [0, 0.1) is 0 Å². The maximum absolute atomic E-state index is 4.56. The summed E-state index contributed by atoms with van der Waals surface area (Å²) in [4.78, 5) is 2.39. The molecular formula is C46H27N3S3. The van der Waals surface area contributed by atoms with Gasteiger partial charge in [-0.1, -0.05) is 102 Å². The molecule has 0 aliphatic heterocycles. The first-order chi connectivity index (χ1) is 25.7. The van der Waals surface area contributed by atoms with E-state index in [0.717, 1.165) is 38.2 Å². The molecule has 0 saturated heterocycles. The predicted octanol–water partition coefficient (Wildman–Crippen LogP) is 14.4. The monoisotopic (exact) mass is 717 g/mol. The molecule has 0 fully saturated rings. The van der Waals surface area contributed by atoms with Crippen molar-refractivity contribution in [3.05, 3.63) is 164 Å².